The first-order valence-electron chi connectivity index (χ1n) is 8.49. The smallest absolute Gasteiger partial charge is 0.227 e. The number of rotatable bonds is 3. The Kier molecular flexibility index (Phi) is 5.62. The van der Waals surface area contributed by atoms with E-state index in [0.717, 1.165) is 38.8 Å². The van der Waals surface area contributed by atoms with Crippen molar-refractivity contribution in [2.24, 2.45) is 0 Å². The fourth-order valence-corrected chi connectivity index (χ4v) is 3.34. The summed E-state index contributed by atoms with van der Waals surface area (Å²) in [4.78, 5) is 14.3. The van der Waals surface area contributed by atoms with E-state index in [1.165, 1.54) is 17.7 Å². The zero-order valence-electron chi connectivity index (χ0n) is 13.4. The molecule has 5 heteroatoms. The summed E-state index contributed by atoms with van der Waals surface area (Å²) in [6.45, 7) is 2.87. The summed E-state index contributed by atoms with van der Waals surface area (Å²) in [5.41, 5.74) is 1.17. The van der Waals surface area contributed by atoms with Crippen LogP contribution in [-0.4, -0.2) is 43.4 Å². The minimum Gasteiger partial charge on any atom is -0.352 e. The number of halogens is 1. The third-order valence-corrected chi connectivity index (χ3v) is 4.66. The first-order valence-corrected chi connectivity index (χ1v) is 8.49. The molecule has 0 saturated carbocycles. The fraction of sp³-hybridized carbons (Fsp3) is 0.611. The van der Waals surface area contributed by atoms with Crippen molar-refractivity contribution in [3.8, 4) is 0 Å². The molecule has 2 saturated heterocycles. The van der Waals surface area contributed by atoms with Gasteiger partial charge in [-0.1, -0.05) is 12.1 Å². The summed E-state index contributed by atoms with van der Waals surface area (Å²) in [5, 5.41) is 0. The molecule has 2 aliphatic rings. The normalized spacial score (nSPS) is 23.5. The molecule has 2 aliphatic heterocycles. The summed E-state index contributed by atoms with van der Waals surface area (Å²) < 4.78 is 24.0. The highest BCUT2D eigenvalue weighted by molar-refractivity contribution is 5.76. The summed E-state index contributed by atoms with van der Waals surface area (Å²) in [6, 6.07) is 6.75. The lowest BCUT2D eigenvalue weighted by Crippen LogP contribution is -2.37. The number of carbonyl (C=O) groups excluding carboxylic acids is 1. The predicted molar refractivity (Wildman–Crippen MR) is 84.5 cm³/mol. The molecule has 0 bridgehead atoms. The summed E-state index contributed by atoms with van der Waals surface area (Å²) in [5.74, 6) is 0.305. The summed E-state index contributed by atoms with van der Waals surface area (Å²) >= 11 is 0. The minimum atomic E-state index is -0.382. The van der Waals surface area contributed by atoms with Crippen LogP contribution < -0.4 is 0 Å². The predicted octanol–water partition coefficient (Wildman–Crippen LogP) is 3.07. The number of hydrogen-bond acceptors (Lipinski definition) is 3. The Hall–Kier alpha value is -1.46. The number of benzene rings is 1. The Balaban J connectivity index is 1.53. The second-order valence-corrected chi connectivity index (χ2v) is 6.29. The molecular formula is C18H24FNO3. The van der Waals surface area contributed by atoms with Crippen LogP contribution in [-0.2, 0) is 14.3 Å². The number of carbonyl (C=O) groups is 1. The molecule has 4 nitrogen and oxygen atoms in total. The molecule has 1 atom stereocenters. The van der Waals surface area contributed by atoms with Crippen molar-refractivity contribution >= 4 is 5.91 Å². The van der Waals surface area contributed by atoms with Crippen LogP contribution in [0.1, 0.15) is 43.6 Å². The molecule has 2 heterocycles. The largest absolute Gasteiger partial charge is 0.352 e. The van der Waals surface area contributed by atoms with Gasteiger partial charge in [-0.25, -0.2) is 4.39 Å². The lowest BCUT2D eigenvalue weighted by atomic mass is 9.92. The molecule has 1 aromatic rings. The van der Waals surface area contributed by atoms with E-state index < -0.39 is 0 Å². The van der Waals surface area contributed by atoms with Crippen molar-refractivity contribution in [1.29, 1.82) is 0 Å². The van der Waals surface area contributed by atoms with Crippen molar-refractivity contribution in [2.45, 2.75) is 44.3 Å². The Bertz CT molecular complexity index is 514. The zero-order valence-corrected chi connectivity index (χ0v) is 13.4. The van der Waals surface area contributed by atoms with E-state index in [0.29, 0.717) is 25.6 Å². The Labute approximate surface area is 136 Å². The van der Waals surface area contributed by atoms with Crippen LogP contribution in [0.25, 0.3) is 0 Å². The monoisotopic (exact) mass is 321 g/mol. The van der Waals surface area contributed by atoms with Gasteiger partial charge in [0.05, 0.1) is 19.6 Å². The first kappa shape index (κ1) is 16.4. The van der Waals surface area contributed by atoms with Gasteiger partial charge in [0.25, 0.3) is 0 Å². The average Bonchev–Trinajstić information content (AvgIpc) is 2.83. The summed E-state index contributed by atoms with van der Waals surface area (Å²) in [7, 11) is 0. The number of ether oxygens (including phenoxy) is 2. The second kappa shape index (κ2) is 7.88. The van der Waals surface area contributed by atoms with Gasteiger partial charge in [-0.3, -0.25) is 4.79 Å². The van der Waals surface area contributed by atoms with Gasteiger partial charge in [0.15, 0.2) is 6.29 Å². The molecule has 23 heavy (non-hydrogen) atoms. The average molecular weight is 321 g/mol. The van der Waals surface area contributed by atoms with Crippen LogP contribution >= 0.6 is 0 Å². The maximum Gasteiger partial charge on any atom is 0.227 e. The van der Waals surface area contributed by atoms with Crippen molar-refractivity contribution in [1.82, 2.24) is 4.90 Å². The van der Waals surface area contributed by atoms with Gasteiger partial charge in [0.1, 0.15) is 5.82 Å². The standard InChI is InChI=1S/C18H24FNO3/c19-16-6-4-15(5-7-16)14-3-1-9-20(10-8-14)17(21)13-18-22-11-2-12-23-18/h4-7,14,18H,1-3,8-13H2/t14-/m0/s1. The van der Waals surface area contributed by atoms with Crippen LogP contribution in [0.3, 0.4) is 0 Å². The summed E-state index contributed by atoms with van der Waals surface area (Å²) in [6.07, 6.45) is 3.75. The topological polar surface area (TPSA) is 38.8 Å². The third kappa shape index (κ3) is 4.52. The van der Waals surface area contributed by atoms with E-state index in [2.05, 4.69) is 0 Å². The number of nitrogens with zero attached hydrogens (tertiary/aromatic N) is 1. The molecule has 0 N–H and O–H groups in total. The SMILES string of the molecule is O=C(CC1OCCCO1)N1CCC[C@H](c2ccc(F)cc2)CC1. The van der Waals surface area contributed by atoms with Crippen LogP contribution in [0.15, 0.2) is 24.3 Å². The van der Waals surface area contributed by atoms with E-state index in [4.69, 9.17) is 9.47 Å². The van der Waals surface area contributed by atoms with Crippen LogP contribution in [0, 0.1) is 5.82 Å². The number of likely N-dealkylation sites (tertiary alicyclic amines) is 1. The maximum absolute atomic E-state index is 13.0. The van der Waals surface area contributed by atoms with Gasteiger partial charge in [0.2, 0.25) is 5.91 Å². The quantitative estimate of drug-likeness (QED) is 0.859. The van der Waals surface area contributed by atoms with E-state index >= 15 is 0 Å². The van der Waals surface area contributed by atoms with Crippen LogP contribution in [0.4, 0.5) is 4.39 Å². The van der Waals surface area contributed by atoms with E-state index in [9.17, 15) is 9.18 Å². The van der Waals surface area contributed by atoms with Gasteiger partial charge in [-0.2, -0.15) is 0 Å². The van der Waals surface area contributed by atoms with Gasteiger partial charge in [0, 0.05) is 13.1 Å². The van der Waals surface area contributed by atoms with E-state index in [-0.39, 0.29) is 18.0 Å². The van der Waals surface area contributed by atoms with E-state index in [1.54, 1.807) is 0 Å². The Morgan fingerprint density at radius 3 is 2.57 bits per heavy atom. The second-order valence-electron chi connectivity index (χ2n) is 6.29. The highest BCUT2D eigenvalue weighted by Crippen LogP contribution is 2.28. The van der Waals surface area contributed by atoms with E-state index in [1.807, 2.05) is 17.0 Å². The van der Waals surface area contributed by atoms with Gasteiger partial charge >= 0.3 is 0 Å². The lowest BCUT2D eigenvalue weighted by molar-refractivity contribution is -0.187. The van der Waals surface area contributed by atoms with Crippen molar-refractivity contribution < 1.29 is 18.7 Å². The molecule has 1 aromatic carbocycles. The minimum absolute atomic E-state index is 0.108. The fourth-order valence-electron chi connectivity index (χ4n) is 3.34. The number of hydrogen-bond donors (Lipinski definition) is 0. The van der Waals surface area contributed by atoms with Crippen molar-refractivity contribution in [3.63, 3.8) is 0 Å². The van der Waals surface area contributed by atoms with Gasteiger partial charge in [-0.05, 0) is 49.3 Å². The molecule has 0 radical (unpaired) electrons. The first-order chi connectivity index (χ1) is 11.2. The molecule has 1 amide bonds. The third-order valence-electron chi connectivity index (χ3n) is 4.66. The molecule has 0 aromatic heterocycles. The van der Waals surface area contributed by atoms with Crippen LogP contribution in [0.5, 0.6) is 0 Å². The molecule has 2 fully saturated rings. The molecule has 3 rings (SSSR count). The lowest BCUT2D eigenvalue weighted by Gasteiger charge is -2.26. The molecule has 0 unspecified atom stereocenters. The highest BCUT2D eigenvalue weighted by atomic mass is 19.1. The zero-order chi connectivity index (χ0) is 16.1. The molecule has 126 valence electrons. The Morgan fingerprint density at radius 2 is 1.83 bits per heavy atom. The molecule has 0 spiro atoms. The Morgan fingerprint density at radius 1 is 1.09 bits per heavy atom. The van der Waals surface area contributed by atoms with Crippen LogP contribution in [0.2, 0.25) is 0 Å². The molecule has 0 aliphatic carbocycles. The van der Waals surface area contributed by atoms with Crippen molar-refractivity contribution in [2.75, 3.05) is 26.3 Å². The highest BCUT2D eigenvalue weighted by Gasteiger charge is 2.25. The van der Waals surface area contributed by atoms with Crippen molar-refractivity contribution in [3.05, 3.63) is 35.6 Å². The van der Waals surface area contributed by atoms with Gasteiger partial charge in [-0.15, -0.1) is 0 Å². The van der Waals surface area contributed by atoms with Gasteiger partial charge < -0.3 is 14.4 Å². The number of amides is 1. The molecular weight excluding hydrogens is 297 g/mol. The maximum atomic E-state index is 13.0.